The highest BCUT2D eigenvalue weighted by atomic mass is 17.2. The third-order valence-corrected chi connectivity index (χ3v) is 19.1. The Bertz CT molecular complexity index is 2200. The molecule has 28 atom stereocenters. The molecule has 24 N–H and O–H groups in total. The molecule has 4 saturated carbocycles. The number of ether oxygens (including phenoxy) is 6. The van der Waals surface area contributed by atoms with Crippen molar-refractivity contribution in [2.45, 2.75) is 245 Å². The molecular weight excluding hydrogens is 1200 g/mol. The number of hydrogen-bond acceptors (Lipinski definition) is 33. The molecule has 520 valence electrons. The van der Waals surface area contributed by atoms with E-state index in [0.29, 0.717) is 37.7 Å². The van der Waals surface area contributed by atoms with Crippen molar-refractivity contribution in [1.82, 2.24) is 0 Å². The zero-order chi connectivity index (χ0) is 66.7. The molecule has 89 heavy (non-hydrogen) atoms. The summed E-state index contributed by atoms with van der Waals surface area (Å²) < 4.78 is 33.8. The molecular formula is C56H98O33. The zero-order valence-electron chi connectivity index (χ0n) is 49.8. The fourth-order valence-corrected chi connectivity index (χ4v) is 14.1. The molecule has 1 aliphatic heterocycles. The monoisotopic (exact) mass is 1300 g/mol. The smallest absolute Gasteiger partial charge is 0.314 e. The number of carbonyl (C=O) groups excluding carboxylic acids is 1. The molecule has 0 aromatic heterocycles. The maximum Gasteiger partial charge on any atom is 0.314 e. The summed E-state index contributed by atoms with van der Waals surface area (Å²) in [6, 6.07) is 0. The third-order valence-electron chi connectivity index (χ3n) is 19.1. The lowest BCUT2D eigenvalue weighted by Gasteiger charge is -2.64. The second kappa shape index (κ2) is 33.7. The molecule has 0 radical (unpaired) electrons. The van der Waals surface area contributed by atoms with Crippen LogP contribution in [0.25, 0.3) is 0 Å². The van der Waals surface area contributed by atoms with Crippen molar-refractivity contribution >= 4 is 5.97 Å². The van der Waals surface area contributed by atoms with Crippen LogP contribution in [-0.2, 0) is 43.0 Å². The van der Waals surface area contributed by atoms with Gasteiger partial charge < -0.3 is 151 Å². The molecule has 0 amide bonds. The summed E-state index contributed by atoms with van der Waals surface area (Å²) >= 11 is 0. The topological polar surface area (TPSA) is 576 Å². The van der Waals surface area contributed by atoms with Crippen molar-refractivity contribution in [2.24, 2.45) is 28.1 Å². The molecule has 0 aromatic carbocycles. The number of aliphatic hydroxyl groups is 24. The Balaban J connectivity index is 1.45. The summed E-state index contributed by atoms with van der Waals surface area (Å²) in [6.07, 6.45) is -45.9. The van der Waals surface area contributed by atoms with E-state index in [9.17, 15) is 122 Å². The summed E-state index contributed by atoms with van der Waals surface area (Å²) in [5.74, 6) is -4.46. The van der Waals surface area contributed by atoms with Gasteiger partial charge in [0.15, 0.2) is 42.6 Å². The predicted octanol–water partition coefficient (Wildman–Crippen LogP) is -7.33. The van der Waals surface area contributed by atoms with Crippen LogP contribution >= 0.6 is 0 Å². The maximum atomic E-state index is 14.6. The molecule has 5 fully saturated rings. The molecule has 1 saturated heterocycles. The SMILES string of the molecule is C=C1CC23CCC4[C@](C)(C(=O)OC(O)C(OC(O)C(O)C(O)C(O)CCO)C(O)C(O)CCO)CCC[C@@]4(C)[C@@H]2CC[C@]1(OC(O)C(OOC1COC(CO)C(O)C1O)C(OC(O)/C(O)=C(\O)C(O)CCO)C(O)CCOC(O)C(O)C(O)C(O)CCO)C3. The second-order valence-corrected chi connectivity index (χ2v) is 24.9. The van der Waals surface area contributed by atoms with Crippen molar-refractivity contribution in [1.29, 1.82) is 0 Å². The molecule has 5 rings (SSSR count). The normalized spacial score (nSPS) is 34.5. The number of aliphatic hydroxyl groups excluding tert-OH is 24. The minimum atomic E-state index is -2.73. The molecule has 1 spiro atoms. The van der Waals surface area contributed by atoms with Gasteiger partial charge in [-0.1, -0.05) is 19.9 Å². The Kier molecular flexibility index (Phi) is 29.2. The maximum absolute atomic E-state index is 14.6. The fourth-order valence-electron chi connectivity index (χ4n) is 14.1. The summed E-state index contributed by atoms with van der Waals surface area (Å²) in [5.41, 5.74) is -3.75. The van der Waals surface area contributed by atoms with Gasteiger partial charge in [-0.15, -0.1) is 0 Å². The Labute approximate surface area is 512 Å². The van der Waals surface area contributed by atoms with Gasteiger partial charge in [0.1, 0.15) is 67.1 Å². The molecule has 2 bridgehead atoms. The molecule has 1 heterocycles. The van der Waals surface area contributed by atoms with Crippen LogP contribution in [0, 0.1) is 28.1 Å². The van der Waals surface area contributed by atoms with Gasteiger partial charge in [0.05, 0.1) is 55.3 Å². The van der Waals surface area contributed by atoms with Gasteiger partial charge in [0.25, 0.3) is 0 Å². The minimum absolute atomic E-state index is 0.103. The van der Waals surface area contributed by atoms with E-state index >= 15 is 0 Å². The standard InChI is InChI=1S/C56H98O33/c1-25-21-55-14-5-33-53(2,12-4-13-54(33,3)52(81)86-50(79)45(38(70)29(65)10-19-60)85-49(78)43(75)37(69)28(64)9-18-59)34(55)6-15-56(25,24-55)87-51(80)46(89-88-32-23-83-31(22-61)39(71)40(32)72)44(84-48(77)42(74)36(68)27(63)8-17-58)30(66)11-20-82-47(76)41(73)35(67)26(62)7-16-57/h26-35,37-41,43-51,57-80H,1,4-24H2,2-3H3/b42-36+/t26?,27?,28?,29?,30?,31?,32?,33?,34-,35?,37?,38?,39?,40?,41?,43?,44?,45?,46?,47?,48?,49?,50?,51?,53+,54+,55?,56-/m0/s1. The summed E-state index contributed by atoms with van der Waals surface area (Å²) in [5, 5.41) is 252. The van der Waals surface area contributed by atoms with Crippen molar-refractivity contribution in [3.05, 3.63) is 23.7 Å². The quantitative estimate of drug-likeness (QED) is 0.00682. The first-order valence-corrected chi connectivity index (χ1v) is 30.0. The van der Waals surface area contributed by atoms with Crippen LogP contribution in [0.5, 0.6) is 0 Å². The molecule has 0 aromatic rings. The molecule has 5 aliphatic rings. The van der Waals surface area contributed by atoms with Gasteiger partial charge in [0, 0.05) is 32.8 Å². The van der Waals surface area contributed by atoms with Crippen molar-refractivity contribution in [3.63, 3.8) is 0 Å². The van der Waals surface area contributed by atoms with E-state index in [1.54, 1.807) is 6.92 Å². The lowest BCUT2D eigenvalue weighted by molar-refractivity contribution is -0.427. The first-order chi connectivity index (χ1) is 41.8. The average Bonchev–Trinajstić information content (AvgIpc) is 1.71. The van der Waals surface area contributed by atoms with E-state index in [4.69, 9.17) is 43.3 Å². The highest BCUT2D eigenvalue weighted by Crippen LogP contribution is 2.73. The zero-order valence-corrected chi connectivity index (χ0v) is 49.8. The van der Waals surface area contributed by atoms with Crippen LogP contribution in [0.1, 0.15) is 104 Å². The Morgan fingerprint density at radius 1 is 0.607 bits per heavy atom. The van der Waals surface area contributed by atoms with Crippen LogP contribution in [0.2, 0.25) is 0 Å². The van der Waals surface area contributed by atoms with Crippen molar-refractivity contribution < 1.29 is 166 Å². The van der Waals surface area contributed by atoms with E-state index in [2.05, 4.69) is 6.58 Å². The Hall–Kier alpha value is -2.61. The van der Waals surface area contributed by atoms with Gasteiger partial charge >= 0.3 is 5.97 Å². The van der Waals surface area contributed by atoms with E-state index < -0.39 is 259 Å². The van der Waals surface area contributed by atoms with Crippen LogP contribution in [0.4, 0.5) is 0 Å². The van der Waals surface area contributed by atoms with E-state index in [1.165, 1.54) is 0 Å². The van der Waals surface area contributed by atoms with Gasteiger partial charge in [0.2, 0.25) is 12.6 Å². The van der Waals surface area contributed by atoms with Crippen LogP contribution in [-0.4, -0.2) is 316 Å². The minimum Gasteiger partial charge on any atom is -0.506 e. The van der Waals surface area contributed by atoms with Gasteiger partial charge in [-0.2, -0.15) is 0 Å². The largest absolute Gasteiger partial charge is 0.506 e. The first kappa shape index (κ1) is 77.1. The fraction of sp³-hybridized carbons (Fsp3) is 0.911. The number of hydrogen-bond donors (Lipinski definition) is 24. The van der Waals surface area contributed by atoms with Gasteiger partial charge in [-0.3, -0.25) is 4.79 Å². The number of carbonyl (C=O) groups is 1. The molecule has 24 unspecified atom stereocenters. The van der Waals surface area contributed by atoms with Gasteiger partial charge in [-0.25, -0.2) is 9.78 Å². The van der Waals surface area contributed by atoms with Crippen molar-refractivity contribution in [3.8, 4) is 0 Å². The van der Waals surface area contributed by atoms with E-state index in [0.717, 1.165) is 0 Å². The third kappa shape index (κ3) is 17.7. The molecule has 4 aliphatic carbocycles. The summed E-state index contributed by atoms with van der Waals surface area (Å²) in [7, 11) is 0. The van der Waals surface area contributed by atoms with Crippen molar-refractivity contribution in [2.75, 3.05) is 46.2 Å². The summed E-state index contributed by atoms with van der Waals surface area (Å²) in [6.45, 7) is 3.31. The first-order valence-electron chi connectivity index (χ1n) is 30.0. The lowest BCUT2D eigenvalue weighted by atomic mass is 9.41. The Morgan fingerprint density at radius 3 is 1.76 bits per heavy atom. The second-order valence-electron chi connectivity index (χ2n) is 24.9. The van der Waals surface area contributed by atoms with E-state index in [-0.39, 0.29) is 31.6 Å². The molecule has 33 heteroatoms. The predicted molar refractivity (Wildman–Crippen MR) is 294 cm³/mol. The van der Waals surface area contributed by atoms with Gasteiger partial charge in [-0.05, 0) is 112 Å². The van der Waals surface area contributed by atoms with Crippen LogP contribution < -0.4 is 0 Å². The number of rotatable bonds is 38. The number of fused-ring (bicyclic) bond motifs is 3. The Morgan fingerprint density at radius 2 is 1.18 bits per heavy atom. The van der Waals surface area contributed by atoms with Crippen LogP contribution in [0.15, 0.2) is 23.7 Å². The summed E-state index contributed by atoms with van der Waals surface area (Å²) in [4.78, 5) is 25.9. The number of esters is 1. The highest BCUT2D eigenvalue weighted by Gasteiger charge is 2.69. The average molecular weight is 1300 g/mol. The molecule has 33 nitrogen and oxygen atoms in total. The van der Waals surface area contributed by atoms with Crippen LogP contribution in [0.3, 0.4) is 0 Å². The lowest BCUT2D eigenvalue weighted by Crippen LogP contribution is -2.60. The highest BCUT2D eigenvalue weighted by molar-refractivity contribution is 5.77. The van der Waals surface area contributed by atoms with E-state index in [1.807, 2.05) is 6.92 Å².